The lowest BCUT2D eigenvalue weighted by molar-refractivity contribution is -0.117. The van der Waals surface area contributed by atoms with E-state index < -0.39 is 15.7 Å². The number of nitrogens with zero attached hydrogens (tertiary/aromatic N) is 2. The van der Waals surface area contributed by atoms with Crippen molar-refractivity contribution in [1.82, 2.24) is 0 Å². The van der Waals surface area contributed by atoms with Crippen LogP contribution < -0.4 is 4.90 Å². The maximum Gasteiger partial charge on any atom is 0.247 e. The largest absolute Gasteiger partial charge is 0.313 e. The maximum absolute atomic E-state index is 14.1. The first-order valence-corrected chi connectivity index (χ1v) is 9.64. The molecule has 2 aliphatic heterocycles. The van der Waals surface area contributed by atoms with Crippen molar-refractivity contribution in [2.24, 2.45) is 4.99 Å². The Morgan fingerprint density at radius 1 is 1.41 bits per heavy atom. The molecule has 0 radical (unpaired) electrons. The molecule has 0 unspecified atom stereocenters. The Balaban J connectivity index is 2.05. The molecule has 2 fully saturated rings. The van der Waals surface area contributed by atoms with Crippen LogP contribution in [-0.2, 0) is 14.6 Å². The minimum atomic E-state index is -3.14. The molecule has 3 rings (SSSR count). The van der Waals surface area contributed by atoms with E-state index in [1.165, 1.54) is 17.8 Å². The van der Waals surface area contributed by atoms with Crippen LogP contribution in [0.3, 0.4) is 0 Å². The number of thioether (sulfide) groups is 1. The number of anilines is 1. The van der Waals surface area contributed by atoms with Crippen molar-refractivity contribution in [2.75, 3.05) is 16.4 Å². The average Bonchev–Trinajstić information content (AvgIpc) is 2.91. The number of carbonyl (C=O) groups is 1. The van der Waals surface area contributed by atoms with E-state index in [0.717, 1.165) is 0 Å². The summed E-state index contributed by atoms with van der Waals surface area (Å²) in [5, 5.41) is 0.176. The molecular formula is C14H15FN2O3S2. The van der Waals surface area contributed by atoms with E-state index >= 15 is 0 Å². The monoisotopic (exact) mass is 342 g/mol. The van der Waals surface area contributed by atoms with Crippen LogP contribution in [0.4, 0.5) is 10.1 Å². The van der Waals surface area contributed by atoms with Crippen molar-refractivity contribution >= 4 is 38.4 Å². The third kappa shape index (κ3) is 2.77. The number of para-hydroxylation sites is 1. The SMILES string of the molecule is CCC(=O)N=C1S[C@H]2CS(=O)(=O)C[C@@H]2N1c1ccccc1F. The summed E-state index contributed by atoms with van der Waals surface area (Å²) in [6.07, 6.45) is 0.253. The van der Waals surface area contributed by atoms with Crippen LogP contribution in [0.2, 0.25) is 0 Å². The fraction of sp³-hybridized carbons (Fsp3) is 0.429. The van der Waals surface area contributed by atoms with Gasteiger partial charge in [0.05, 0.1) is 23.2 Å². The van der Waals surface area contributed by atoms with Gasteiger partial charge in [-0.3, -0.25) is 4.79 Å². The summed E-state index contributed by atoms with van der Waals surface area (Å²) >= 11 is 1.25. The van der Waals surface area contributed by atoms with Crippen LogP contribution in [0.1, 0.15) is 13.3 Å². The molecule has 0 aliphatic carbocycles. The zero-order valence-corrected chi connectivity index (χ0v) is 13.5. The van der Waals surface area contributed by atoms with Crippen molar-refractivity contribution in [1.29, 1.82) is 0 Å². The zero-order chi connectivity index (χ0) is 15.9. The molecule has 8 heteroatoms. The molecule has 0 aromatic heterocycles. The van der Waals surface area contributed by atoms with Crippen LogP contribution in [0, 0.1) is 5.82 Å². The van der Waals surface area contributed by atoms with Gasteiger partial charge in [-0.25, -0.2) is 12.8 Å². The van der Waals surface area contributed by atoms with Gasteiger partial charge in [0.2, 0.25) is 5.91 Å². The molecule has 1 amide bonds. The fourth-order valence-electron chi connectivity index (χ4n) is 2.68. The van der Waals surface area contributed by atoms with Crippen molar-refractivity contribution in [2.45, 2.75) is 24.6 Å². The molecule has 2 heterocycles. The number of carbonyl (C=O) groups excluding carboxylic acids is 1. The van der Waals surface area contributed by atoms with Gasteiger partial charge in [-0.1, -0.05) is 30.8 Å². The minimum absolute atomic E-state index is 0.0343. The molecule has 0 spiro atoms. The summed E-state index contributed by atoms with van der Waals surface area (Å²) in [7, 11) is -3.14. The standard InChI is InChI=1S/C14H15FN2O3S2/c1-2-13(18)16-14-17(10-6-4-3-5-9(10)15)11-7-22(19,20)8-12(11)21-14/h3-6,11-12H,2,7-8H2,1H3/t11-,12-/m0/s1. The van der Waals surface area contributed by atoms with Crippen molar-refractivity contribution in [3.63, 3.8) is 0 Å². The van der Waals surface area contributed by atoms with Gasteiger partial charge in [0, 0.05) is 11.7 Å². The molecule has 118 valence electrons. The molecule has 1 aromatic rings. The zero-order valence-electron chi connectivity index (χ0n) is 11.9. The molecule has 5 nitrogen and oxygen atoms in total. The normalized spacial score (nSPS) is 28.1. The summed E-state index contributed by atoms with van der Waals surface area (Å²) in [6, 6.07) is 5.76. The van der Waals surface area contributed by atoms with Gasteiger partial charge in [0.25, 0.3) is 0 Å². The van der Waals surface area contributed by atoms with E-state index in [1.807, 2.05) is 0 Å². The fourth-order valence-corrected chi connectivity index (χ4v) is 6.60. The quantitative estimate of drug-likeness (QED) is 0.820. The number of hydrogen-bond acceptors (Lipinski definition) is 4. The van der Waals surface area contributed by atoms with E-state index in [-0.39, 0.29) is 40.8 Å². The summed E-state index contributed by atoms with van der Waals surface area (Å²) < 4.78 is 37.8. The smallest absolute Gasteiger partial charge is 0.247 e. The van der Waals surface area contributed by atoms with Crippen molar-refractivity contribution < 1.29 is 17.6 Å². The Morgan fingerprint density at radius 3 is 2.82 bits per heavy atom. The van der Waals surface area contributed by atoms with E-state index in [2.05, 4.69) is 4.99 Å². The van der Waals surface area contributed by atoms with E-state index in [9.17, 15) is 17.6 Å². The number of rotatable bonds is 2. The van der Waals surface area contributed by atoms with Gasteiger partial charge >= 0.3 is 0 Å². The number of benzene rings is 1. The highest BCUT2D eigenvalue weighted by molar-refractivity contribution is 8.16. The van der Waals surface area contributed by atoms with Crippen LogP contribution in [0.5, 0.6) is 0 Å². The first-order valence-electron chi connectivity index (χ1n) is 6.93. The number of amides is 1. The second kappa shape index (κ2) is 5.66. The van der Waals surface area contributed by atoms with Crippen LogP contribution in [-0.4, -0.2) is 42.3 Å². The third-order valence-electron chi connectivity index (χ3n) is 3.70. The van der Waals surface area contributed by atoms with E-state index in [1.54, 1.807) is 30.0 Å². The number of sulfone groups is 1. The van der Waals surface area contributed by atoms with Crippen molar-refractivity contribution in [3.05, 3.63) is 30.1 Å². The predicted molar refractivity (Wildman–Crippen MR) is 85.4 cm³/mol. The number of hydrogen-bond donors (Lipinski definition) is 0. The molecule has 0 N–H and O–H groups in total. The van der Waals surface area contributed by atoms with Crippen molar-refractivity contribution in [3.8, 4) is 0 Å². The highest BCUT2D eigenvalue weighted by Crippen LogP contribution is 2.41. The van der Waals surface area contributed by atoms with Gasteiger partial charge in [0.15, 0.2) is 15.0 Å². The lowest BCUT2D eigenvalue weighted by Gasteiger charge is -2.24. The molecule has 0 saturated carbocycles. The Morgan fingerprint density at radius 2 is 2.14 bits per heavy atom. The Kier molecular flexibility index (Phi) is 3.98. The molecule has 2 atom stereocenters. The number of amidine groups is 1. The predicted octanol–water partition coefficient (Wildman–Crippen LogP) is 1.84. The Hall–Kier alpha value is -1.41. The third-order valence-corrected chi connectivity index (χ3v) is 6.91. The maximum atomic E-state index is 14.1. The molecule has 22 heavy (non-hydrogen) atoms. The summed E-state index contributed by atoms with van der Waals surface area (Å²) in [5.41, 5.74) is 0.266. The van der Waals surface area contributed by atoms with Crippen LogP contribution in [0.15, 0.2) is 29.3 Å². The molecule has 2 aliphatic rings. The van der Waals surface area contributed by atoms with E-state index in [0.29, 0.717) is 5.17 Å². The second-order valence-electron chi connectivity index (χ2n) is 5.26. The topological polar surface area (TPSA) is 66.8 Å². The van der Waals surface area contributed by atoms with Gasteiger partial charge in [-0.15, -0.1) is 0 Å². The lowest BCUT2D eigenvalue weighted by atomic mass is 10.2. The Labute approximate surface area is 132 Å². The molecule has 2 saturated heterocycles. The highest BCUT2D eigenvalue weighted by Gasteiger charge is 2.49. The summed E-state index contributed by atoms with van der Waals surface area (Å²) in [5.74, 6) is -0.762. The molecule has 1 aromatic carbocycles. The summed E-state index contributed by atoms with van der Waals surface area (Å²) in [4.78, 5) is 17.2. The number of halogens is 1. The average molecular weight is 342 g/mol. The lowest BCUT2D eigenvalue weighted by Crippen LogP contribution is -2.38. The summed E-state index contributed by atoms with van der Waals surface area (Å²) in [6.45, 7) is 1.70. The minimum Gasteiger partial charge on any atom is -0.313 e. The van der Waals surface area contributed by atoms with Gasteiger partial charge in [0.1, 0.15) is 5.82 Å². The number of aliphatic imine (C=N–C) groups is 1. The second-order valence-corrected chi connectivity index (χ2v) is 8.62. The van der Waals surface area contributed by atoms with Crippen LogP contribution in [0.25, 0.3) is 0 Å². The molecule has 0 bridgehead atoms. The van der Waals surface area contributed by atoms with Gasteiger partial charge in [-0.05, 0) is 12.1 Å². The highest BCUT2D eigenvalue weighted by atomic mass is 32.2. The first-order chi connectivity index (χ1) is 10.4. The van der Waals surface area contributed by atoms with Gasteiger partial charge in [-0.2, -0.15) is 4.99 Å². The first kappa shape index (κ1) is 15.5. The Bertz CT molecular complexity index is 748. The number of fused-ring (bicyclic) bond motifs is 1. The van der Waals surface area contributed by atoms with Gasteiger partial charge < -0.3 is 4.90 Å². The van der Waals surface area contributed by atoms with Crippen LogP contribution >= 0.6 is 11.8 Å². The molecular weight excluding hydrogens is 327 g/mol. The van der Waals surface area contributed by atoms with E-state index in [4.69, 9.17) is 0 Å².